The van der Waals surface area contributed by atoms with Gasteiger partial charge in [0.15, 0.2) is 5.96 Å². The van der Waals surface area contributed by atoms with E-state index in [1.54, 1.807) is 7.05 Å². The second kappa shape index (κ2) is 4.66. The van der Waals surface area contributed by atoms with Crippen LogP contribution >= 0.6 is 0 Å². The molecule has 2 heterocycles. The smallest absolute Gasteiger partial charge is 0.253 e. The third kappa shape index (κ3) is 2.21. The average molecular weight is 258 g/mol. The molecule has 0 aromatic heterocycles. The van der Waals surface area contributed by atoms with E-state index in [9.17, 15) is 4.79 Å². The number of nitrogens with one attached hydrogen (secondary N) is 2. The van der Waals surface area contributed by atoms with Crippen molar-refractivity contribution in [2.45, 2.75) is 18.5 Å². The molecule has 0 radical (unpaired) electrons. The molecule has 1 aromatic carbocycles. The van der Waals surface area contributed by atoms with Crippen molar-refractivity contribution in [3.8, 4) is 0 Å². The van der Waals surface area contributed by atoms with Crippen LogP contribution in [0.5, 0.6) is 0 Å². The molecule has 0 saturated carbocycles. The number of nitrogens with zero attached hydrogens (tertiary/aromatic N) is 2. The van der Waals surface area contributed by atoms with Crippen molar-refractivity contribution in [3.05, 3.63) is 35.9 Å². The van der Waals surface area contributed by atoms with Gasteiger partial charge < -0.3 is 5.32 Å². The number of hydrogen-bond donors (Lipinski definition) is 2. The normalized spacial score (nSPS) is 28.9. The Morgan fingerprint density at radius 2 is 2.16 bits per heavy atom. The summed E-state index contributed by atoms with van der Waals surface area (Å²) in [5, 5.41) is 6.02. The van der Waals surface area contributed by atoms with Crippen LogP contribution in [-0.4, -0.2) is 42.4 Å². The van der Waals surface area contributed by atoms with Gasteiger partial charge in [-0.15, -0.1) is 0 Å². The lowest BCUT2D eigenvalue weighted by Gasteiger charge is -2.21. The second-order valence-electron chi connectivity index (χ2n) is 5.18. The van der Waals surface area contributed by atoms with Crippen LogP contribution in [0.4, 0.5) is 0 Å². The molecular formula is C14H18N4O. The Bertz CT molecular complexity index is 513. The van der Waals surface area contributed by atoms with Crippen molar-refractivity contribution in [1.82, 2.24) is 15.5 Å². The zero-order valence-electron chi connectivity index (χ0n) is 11.0. The van der Waals surface area contributed by atoms with Gasteiger partial charge in [0.2, 0.25) is 0 Å². The van der Waals surface area contributed by atoms with Gasteiger partial charge in [0.1, 0.15) is 5.54 Å². The van der Waals surface area contributed by atoms with E-state index in [1.165, 1.54) is 5.56 Å². The number of amides is 1. The molecule has 1 spiro atoms. The minimum Gasteiger partial charge on any atom is -0.341 e. The van der Waals surface area contributed by atoms with E-state index in [4.69, 9.17) is 0 Å². The summed E-state index contributed by atoms with van der Waals surface area (Å²) in [6.07, 6.45) is 0.824. The number of rotatable bonds is 2. The van der Waals surface area contributed by atoms with E-state index < -0.39 is 5.54 Å². The molecule has 0 aliphatic carbocycles. The molecular weight excluding hydrogens is 240 g/mol. The molecule has 100 valence electrons. The molecule has 2 fully saturated rings. The van der Waals surface area contributed by atoms with E-state index in [2.05, 4.69) is 32.7 Å². The summed E-state index contributed by atoms with van der Waals surface area (Å²) >= 11 is 0. The van der Waals surface area contributed by atoms with Crippen LogP contribution in [0.15, 0.2) is 35.3 Å². The predicted octanol–water partition coefficient (Wildman–Crippen LogP) is 0.336. The van der Waals surface area contributed by atoms with Crippen molar-refractivity contribution >= 4 is 11.9 Å². The molecule has 5 heteroatoms. The van der Waals surface area contributed by atoms with Crippen molar-refractivity contribution in [2.24, 2.45) is 4.99 Å². The largest absolute Gasteiger partial charge is 0.341 e. The number of likely N-dealkylation sites (tertiary alicyclic amines) is 1. The summed E-state index contributed by atoms with van der Waals surface area (Å²) in [4.78, 5) is 18.4. The zero-order chi connectivity index (χ0) is 13.3. The molecule has 1 amide bonds. The van der Waals surface area contributed by atoms with Crippen molar-refractivity contribution in [2.75, 3.05) is 20.1 Å². The topological polar surface area (TPSA) is 56.7 Å². The molecule has 2 saturated heterocycles. The number of guanidine groups is 1. The van der Waals surface area contributed by atoms with E-state index >= 15 is 0 Å². The number of carbonyl (C=O) groups is 1. The minimum absolute atomic E-state index is 0.0451. The van der Waals surface area contributed by atoms with Crippen LogP contribution in [0.1, 0.15) is 12.0 Å². The Hall–Kier alpha value is -1.88. The van der Waals surface area contributed by atoms with E-state index in [-0.39, 0.29) is 5.91 Å². The lowest BCUT2D eigenvalue weighted by Crippen LogP contribution is -2.49. The van der Waals surface area contributed by atoms with Crippen LogP contribution in [0.25, 0.3) is 0 Å². The van der Waals surface area contributed by atoms with Crippen molar-refractivity contribution in [1.29, 1.82) is 0 Å². The number of aliphatic imine (C=N–C) groups is 1. The molecule has 2 aliphatic rings. The number of carbonyl (C=O) groups excluding carboxylic acids is 1. The molecule has 0 bridgehead atoms. The molecule has 1 atom stereocenters. The van der Waals surface area contributed by atoms with Crippen LogP contribution < -0.4 is 10.6 Å². The highest BCUT2D eigenvalue weighted by Crippen LogP contribution is 2.25. The maximum atomic E-state index is 12.1. The molecule has 5 nitrogen and oxygen atoms in total. The van der Waals surface area contributed by atoms with Crippen molar-refractivity contribution < 1.29 is 4.79 Å². The third-order valence-electron chi connectivity index (χ3n) is 3.85. The Morgan fingerprint density at radius 1 is 1.37 bits per heavy atom. The lowest BCUT2D eigenvalue weighted by molar-refractivity contribution is -0.123. The quantitative estimate of drug-likeness (QED) is 0.804. The lowest BCUT2D eigenvalue weighted by atomic mass is 9.99. The summed E-state index contributed by atoms with van der Waals surface area (Å²) < 4.78 is 0. The maximum Gasteiger partial charge on any atom is 0.253 e. The summed E-state index contributed by atoms with van der Waals surface area (Å²) in [7, 11) is 1.68. The van der Waals surface area contributed by atoms with Gasteiger partial charge in [-0.3, -0.25) is 20.0 Å². The first-order valence-corrected chi connectivity index (χ1v) is 6.54. The summed E-state index contributed by atoms with van der Waals surface area (Å²) in [5.41, 5.74) is 0.797. The Labute approximate surface area is 112 Å². The van der Waals surface area contributed by atoms with Crippen LogP contribution in [-0.2, 0) is 11.3 Å². The number of benzene rings is 1. The zero-order valence-corrected chi connectivity index (χ0v) is 11.0. The Balaban J connectivity index is 1.69. The summed E-state index contributed by atoms with van der Waals surface area (Å²) in [6.45, 7) is 2.54. The third-order valence-corrected chi connectivity index (χ3v) is 3.85. The van der Waals surface area contributed by atoms with Crippen LogP contribution in [0.3, 0.4) is 0 Å². The fourth-order valence-corrected chi connectivity index (χ4v) is 2.81. The number of hydrogen-bond acceptors (Lipinski definition) is 3. The standard InChI is InChI=1S/C14H18N4O/c1-15-13-16-12(19)14(17-13)7-8-18(10-14)9-11-5-3-2-4-6-11/h2-6H,7-10H2,1H3,(H2,15,16,17,19). The Kier molecular flexibility index (Phi) is 2.98. The summed E-state index contributed by atoms with van der Waals surface area (Å²) in [6, 6.07) is 10.3. The maximum absolute atomic E-state index is 12.1. The highest BCUT2D eigenvalue weighted by Gasteiger charge is 2.49. The molecule has 1 unspecified atom stereocenters. The van der Waals surface area contributed by atoms with Gasteiger partial charge in [-0.25, -0.2) is 0 Å². The van der Waals surface area contributed by atoms with Gasteiger partial charge in [-0.2, -0.15) is 0 Å². The van der Waals surface area contributed by atoms with E-state index in [0.29, 0.717) is 5.96 Å². The highest BCUT2D eigenvalue weighted by atomic mass is 16.2. The van der Waals surface area contributed by atoms with E-state index in [0.717, 1.165) is 26.1 Å². The van der Waals surface area contributed by atoms with Gasteiger partial charge in [0.05, 0.1) is 0 Å². The monoisotopic (exact) mass is 258 g/mol. The predicted molar refractivity (Wildman–Crippen MR) is 73.7 cm³/mol. The fraction of sp³-hybridized carbons (Fsp3) is 0.429. The van der Waals surface area contributed by atoms with Gasteiger partial charge in [-0.05, 0) is 12.0 Å². The second-order valence-corrected chi connectivity index (χ2v) is 5.18. The fourth-order valence-electron chi connectivity index (χ4n) is 2.81. The van der Waals surface area contributed by atoms with Crippen LogP contribution in [0.2, 0.25) is 0 Å². The first-order valence-electron chi connectivity index (χ1n) is 6.54. The molecule has 2 aliphatic heterocycles. The average Bonchev–Trinajstić information content (AvgIpc) is 2.97. The minimum atomic E-state index is -0.483. The van der Waals surface area contributed by atoms with Gasteiger partial charge in [0, 0.05) is 26.7 Å². The van der Waals surface area contributed by atoms with E-state index in [1.807, 2.05) is 18.2 Å². The van der Waals surface area contributed by atoms with Crippen molar-refractivity contribution in [3.63, 3.8) is 0 Å². The molecule has 1 aromatic rings. The SMILES string of the molecule is CN=C1NC(=O)C2(CCN(Cc3ccccc3)C2)N1. The molecule has 2 N–H and O–H groups in total. The highest BCUT2D eigenvalue weighted by molar-refractivity contribution is 6.09. The van der Waals surface area contributed by atoms with Gasteiger partial charge >= 0.3 is 0 Å². The summed E-state index contributed by atoms with van der Waals surface area (Å²) in [5.74, 6) is 0.634. The van der Waals surface area contributed by atoms with Gasteiger partial charge in [-0.1, -0.05) is 30.3 Å². The first kappa shape index (κ1) is 12.2. The molecule has 3 rings (SSSR count). The van der Waals surface area contributed by atoms with Crippen LogP contribution in [0, 0.1) is 0 Å². The molecule has 19 heavy (non-hydrogen) atoms. The Morgan fingerprint density at radius 3 is 2.84 bits per heavy atom. The first-order chi connectivity index (χ1) is 9.22. The van der Waals surface area contributed by atoms with Gasteiger partial charge in [0.25, 0.3) is 5.91 Å².